The fraction of sp³-hybridized carbons (Fsp3) is 0.348. The Hall–Kier alpha value is -3.33. The van der Waals surface area contributed by atoms with Crippen molar-refractivity contribution in [3.05, 3.63) is 59.2 Å². The van der Waals surface area contributed by atoms with Crippen molar-refractivity contribution in [1.82, 2.24) is 20.5 Å². The SMILES string of the molecule is CNc1cc(-c2nnc(CC(=O)[C@H](Cc3ccccc3)NC(=O)OC(C)(C)C)s2)ccn1. The smallest absolute Gasteiger partial charge is 0.408 e. The maximum absolute atomic E-state index is 13.1. The lowest BCUT2D eigenvalue weighted by molar-refractivity contribution is -0.120. The van der Waals surface area contributed by atoms with Crippen LogP contribution in [0.1, 0.15) is 31.3 Å². The number of anilines is 1. The highest BCUT2D eigenvalue weighted by molar-refractivity contribution is 7.14. The molecule has 2 aromatic heterocycles. The normalized spacial score (nSPS) is 12.1. The van der Waals surface area contributed by atoms with Gasteiger partial charge in [0, 0.05) is 18.8 Å². The Labute approximate surface area is 191 Å². The molecule has 32 heavy (non-hydrogen) atoms. The molecular weight excluding hydrogens is 426 g/mol. The molecule has 0 saturated carbocycles. The van der Waals surface area contributed by atoms with E-state index < -0.39 is 17.7 Å². The summed E-state index contributed by atoms with van der Waals surface area (Å²) in [5.41, 5.74) is 1.15. The van der Waals surface area contributed by atoms with E-state index in [0.29, 0.717) is 16.4 Å². The molecule has 0 spiro atoms. The molecule has 1 amide bonds. The van der Waals surface area contributed by atoms with Crippen molar-refractivity contribution in [2.45, 2.75) is 45.3 Å². The average Bonchev–Trinajstić information content (AvgIpc) is 3.21. The molecule has 0 aliphatic rings. The lowest BCUT2D eigenvalue weighted by Gasteiger charge is -2.23. The van der Waals surface area contributed by atoms with E-state index in [0.717, 1.165) is 16.9 Å². The van der Waals surface area contributed by atoms with Crippen molar-refractivity contribution >= 4 is 29.0 Å². The van der Waals surface area contributed by atoms with E-state index in [1.165, 1.54) is 11.3 Å². The van der Waals surface area contributed by atoms with Gasteiger partial charge in [0.25, 0.3) is 0 Å². The first-order valence-electron chi connectivity index (χ1n) is 10.3. The molecule has 3 aromatic rings. The molecule has 0 saturated heterocycles. The highest BCUT2D eigenvalue weighted by Gasteiger charge is 2.25. The number of carbonyl (C=O) groups is 2. The zero-order chi connectivity index (χ0) is 23.1. The van der Waals surface area contributed by atoms with Gasteiger partial charge in [-0.2, -0.15) is 0 Å². The number of pyridine rings is 1. The Balaban J connectivity index is 1.74. The summed E-state index contributed by atoms with van der Waals surface area (Å²) >= 11 is 1.34. The van der Waals surface area contributed by atoms with E-state index in [-0.39, 0.29) is 12.2 Å². The number of ether oxygens (including phenoxy) is 1. The molecule has 2 heterocycles. The van der Waals surface area contributed by atoms with Crippen LogP contribution in [-0.2, 0) is 22.4 Å². The first-order chi connectivity index (χ1) is 15.2. The van der Waals surface area contributed by atoms with Gasteiger partial charge in [-0.1, -0.05) is 41.7 Å². The van der Waals surface area contributed by atoms with Gasteiger partial charge in [-0.3, -0.25) is 4.79 Å². The predicted octanol–water partition coefficient (Wildman–Crippen LogP) is 3.89. The Morgan fingerprint density at radius 1 is 1.12 bits per heavy atom. The zero-order valence-electron chi connectivity index (χ0n) is 18.6. The molecule has 2 N–H and O–H groups in total. The number of hydrogen-bond donors (Lipinski definition) is 2. The van der Waals surface area contributed by atoms with Gasteiger partial charge in [-0.05, 0) is 44.9 Å². The Morgan fingerprint density at radius 2 is 1.88 bits per heavy atom. The number of ketones is 1. The Kier molecular flexibility index (Phi) is 7.53. The van der Waals surface area contributed by atoms with Crippen LogP contribution >= 0.6 is 11.3 Å². The lowest BCUT2D eigenvalue weighted by atomic mass is 10.0. The number of rotatable bonds is 8. The molecule has 168 valence electrons. The highest BCUT2D eigenvalue weighted by Crippen LogP contribution is 2.25. The van der Waals surface area contributed by atoms with Crippen LogP contribution in [-0.4, -0.2) is 45.7 Å². The molecule has 1 atom stereocenters. The Morgan fingerprint density at radius 3 is 2.56 bits per heavy atom. The minimum absolute atomic E-state index is 0.0644. The van der Waals surface area contributed by atoms with E-state index in [9.17, 15) is 9.59 Å². The summed E-state index contributed by atoms with van der Waals surface area (Å²) in [5, 5.41) is 15.4. The third-order valence-electron chi connectivity index (χ3n) is 4.42. The first-order valence-corrected chi connectivity index (χ1v) is 11.1. The van der Waals surface area contributed by atoms with Crippen LogP contribution < -0.4 is 10.6 Å². The van der Waals surface area contributed by atoms with Crippen LogP contribution in [0.4, 0.5) is 10.6 Å². The van der Waals surface area contributed by atoms with E-state index in [1.54, 1.807) is 34.0 Å². The standard InChI is InChI=1S/C23H27N5O3S/c1-23(2,3)31-22(30)26-17(12-15-8-6-5-7-9-15)18(29)14-20-27-28-21(32-20)16-10-11-25-19(13-16)24-4/h5-11,13,17H,12,14H2,1-4H3,(H,24,25)(H,26,30)/t17-/m0/s1. The summed E-state index contributed by atoms with van der Waals surface area (Å²) < 4.78 is 5.35. The monoisotopic (exact) mass is 453 g/mol. The van der Waals surface area contributed by atoms with E-state index in [1.807, 2.05) is 42.5 Å². The minimum atomic E-state index is -0.739. The fourth-order valence-corrected chi connectivity index (χ4v) is 3.80. The zero-order valence-corrected chi connectivity index (χ0v) is 19.4. The fourth-order valence-electron chi connectivity index (χ4n) is 2.96. The predicted molar refractivity (Wildman–Crippen MR) is 125 cm³/mol. The molecule has 0 aliphatic heterocycles. The number of alkyl carbamates (subject to hydrolysis) is 1. The summed E-state index contributed by atoms with van der Waals surface area (Å²) in [6, 6.07) is 12.5. The van der Waals surface area contributed by atoms with Gasteiger partial charge in [-0.25, -0.2) is 9.78 Å². The van der Waals surface area contributed by atoms with E-state index in [4.69, 9.17) is 4.74 Å². The Bertz CT molecular complexity index is 1060. The molecule has 0 fully saturated rings. The van der Waals surface area contributed by atoms with Crippen LogP contribution in [0, 0.1) is 0 Å². The average molecular weight is 454 g/mol. The minimum Gasteiger partial charge on any atom is -0.444 e. The second-order valence-corrected chi connectivity index (χ2v) is 9.27. The van der Waals surface area contributed by atoms with Gasteiger partial charge >= 0.3 is 6.09 Å². The van der Waals surface area contributed by atoms with Crippen molar-refractivity contribution in [2.24, 2.45) is 0 Å². The topological polar surface area (TPSA) is 106 Å². The number of aromatic nitrogens is 3. The van der Waals surface area contributed by atoms with Crippen molar-refractivity contribution in [3.63, 3.8) is 0 Å². The molecule has 0 aliphatic carbocycles. The number of carbonyl (C=O) groups excluding carboxylic acids is 2. The van der Waals surface area contributed by atoms with Gasteiger partial charge in [0.15, 0.2) is 5.78 Å². The van der Waals surface area contributed by atoms with Crippen LogP contribution in [0.25, 0.3) is 10.6 Å². The van der Waals surface area contributed by atoms with Gasteiger partial charge in [-0.15, -0.1) is 10.2 Å². The highest BCUT2D eigenvalue weighted by atomic mass is 32.1. The number of benzene rings is 1. The first kappa shape index (κ1) is 23.3. The summed E-state index contributed by atoms with van der Waals surface area (Å²) in [6.45, 7) is 5.34. The largest absolute Gasteiger partial charge is 0.444 e. The summed E-state index contributed by atoms with van der Waals surface area (Å²) in [6.07, 6.45) is 1.49. The van der Waals surface area contributed by atoms with Crippen LogP contribution in [0.15, 0.2) is 48.7 Å². The summed E-state index contributed by atoms with van der Waals surface area (Å²) in [5.74, 6) is 0.563. The molecular formula is C23H27N5O3S. The third-order valence-corrected chi connectivity index (χ3v) is 5.39. The number of nitrogens with one attached hydrogen (secondary N) is 2. The summed E-state index contributed by atoms with van der Waals surface area (Å²) in [7, 11) is 1.79. The maximum Gasteiger partial charge on any atom is 0.408 e. The number of hydrogen-bond acceptors (Lipinski definition) is 8. The van der Waals surface area contributed by atoms with E-state index in [2.05, 4.69) is 25.8 Å². The molecule has 9 heteroatoms. The number of Topliss-reactive ketones (excluding diaryl/α,β-unsaturated/α-hetero) is 1. The quantitative estimate of drug-likeness (QED) is 0.533. The van der Waals surface area contributed by atoms with Gasteiger partial charge in [0.2, 0.25) is 0 Å². The summed E-state index contributed by atoms with van der Waals surface area (Å²) in [4.78, 5) is 29.6. The second-order valence-electron chi connectivity index (χ2n) is 8.21. The third kappa shape index (κ3) is 6.84. The van der Waals surface area contributed by atoms with Crippen LogP contribution in [0.5, 0.6) is 0 Å². The number of nitrogens with zero attached hydrogens (tertiary/aromatic N) is 3. The molecule has 0 unspecified atom stereocenters. The van der Waals surface area contributed by atoms with Gasteiger partial charge in [0.05, 0.1) is 12.5 Å². The second kappa shape index (κ2) is 10.3. The van der Waals surface area contributed by atoms with Crippen molar-refractivity contribution in [1.29, 1.82) is 0 Å². The van der Waals surface area contributed by atoms with Crippen molar-refractivity contribution < 1.29 is 14.3 Å². The molecule has 3 rings (SSSR count). The molecule has 0 radical (unpaired) electrons. The molecule has 0 bridgehead atoms. The van der Waals surface area contributed by atoms with Crippen molar-refractivity contribution in [2.75, 3.05) is 12.4 Å². The van der Waals surface area contributed by atoms with Crippen molar-refractivity contribution in [3.8, 4) is 10.6 Å². The number of amides is 1. The molecule has 1 aromatic carbocycles. The maximum atomic E-state index is 13.1. The van der Waals surface area contributed by atoms with Gasteiger partial charge in [0.1, 0.15) is 21.4 Å². The van der Waals surface area contributed by atoms with Crippen LogP contribution in [0.3, 0.4) is 0 Å². The van der Waals surface area contributed by atoms with E-state index >= 15 is 0 Å². The van der Waals surface area contributed by atoms with Gasteiger partial charge < -0.3 is 15.4 Å². The lowest BCUT2D eigenvalue weighted by Crippen LogP contribution is -2.45. The van der Waals surface area contributed by atoms with Crippen LogP contribution in [0.2, 0.25) is 0 Å². The molecule has 8 nitrogen and oxygen atoms in total.